The Kier molecular flexibility index (Phi) is 9.05. The van der Waals surface area contributed by atoms with Crippen LogP contribution in [0.15, 0.2) is 53.5 Å². The third-order valence-electron chi connectivity index (χ3n) is 4.97. The number of ether oxygens (including phenoxy) is 2. The molecule has 0 aromatic heterocycles. The molecule has 1 N–H and O–H groups in total. The first-order chi connectivity index (χ1) is 13.2. The first kappa shape index (κ1) is 22.5. The molecule has 0 amide bonds. The van der Waals surface area contributed by atoms with Crippen LogP contribution >= 0.6 is 24.0 Å². The van der Waals surface area contributed by atoms with Gasteiger partial charge in [-0.15, -0.1) is 24.0 Å². The number of rotatable bonds is 5. The molecule has 1 aliphatic rings. The lowest BCUT2D eigenvalue weighted by Crippen LogP contribution is -2.48. The molecule has 28 heavy (non-hydrogen) atoms. The van der Waals surface area contributed by atoms with Crippen LogP contribution in [0.2, 0.25) is 0 Å². The molecule has 1 atom stereocenters. The Morgan fingerprint density at radius 3 is 2.64 bits per heavy atom. The summed E-state index contributed by atoms with van der Waals surface area (Å²) in [6.07, 6.45) is 1.02. The van der Waals surface area contributed by atoms with E-state index in [2.05, 4.69) is 58.5 Å². The van der Waals surface area contributed by atoms with Crippen LogP contribution in [0.3, 0.4) is 0 Å². The van der Waals surface area contributed by atoms with Crippen molar-refractivity contribution in [3.05, 3.63) is 65.2 Å². The zero-order valence-electron chi connectivity index (χ0n) is 16.9. The number of morpholine rings is 1. The number of hydrogen-bond acceptors (Lipinski definition) is 3. The average molecular weight is 495 g/mol. The van der Waals surface area contributed by atoms with Crippen molar-refractivity contribution < 1.29 is 9.47 Å². The van der Waals surface area contributed by atoms with Gasteiger partial charge < -0.3 is 19.7 Å². The van der Waals surface area contributed by atoms with E-state index in [1.54, 1.807) is 7.11 Å². The molecule has 152 valence electrons. The monoisotopic (exact) mass is 495 g/mol. The van der Waals surface area contributed by atoms with Crippen molar-refractivity contribution in [3.8, 4) is 5.75 Å². The fourth-order valence-electron chi connectivity index (χ4n) is 3.42. The summed E-state index contributed by atoms with van der Waals surface area (Å²) in [7, 11) is 3.53. The SMILES string of the molecule is CN=C(NCCc1ccc(OC)cc1)N1CCOC(c2ccccc2C)C1.I. The number of halogens is 1. The van der Waals surface area contributed by atoms with Gasteiger partial charge in [0.1, 0.15) is 11.9 Å². The maximum absolute atomic E-state index is 6.03. The highest BCUT2D eigenvalue weighted by Gasteiger charge is 2.24. The molecule has 5 nitrogen and oxygen atoms in total. The largest absolute Gasteiger partial charge is 0.497 e. The van der Waals surface area contributed by atoms with Crippen LogP contribution in [0.1, 0.15) is 22.8 Å². The van der Waals surface area contributed by atoms with Crippen molar-refractivity contribution >= 4 is 29.9 Å². The minimum absolute atomic E-state index is 0. The van der Waals surface area contributed by atoms with Gasteiger partial charge in [-0.05, 0) is 42.2 Å². The number of methoxy groups -OCH3 is 1. The molecule has 0 radical (unpaired) electrons. The van der Waals surface area contributed by atoms with Gasteiger partial charge in [-0.2, -0.15) is 0 Å². The second-order valence-corrected chi connectivity index (χ2v) is 6.73. The minimum Gasteiger partial charge on any atom is -0.497 e. The summed E-state index contributed by atoms with van der Waals surface area (Å²) in [5.74, 6) is 1.82. The van der Waals surface area contributed by atoms with E-state index in [1.807, 2.05) is 19.2 Å². The number of hydrogen-bond donors (Lipinski definition) is 1. The van der Waals surface area contributed by atoms with Crippen LogP contribution in [-0.4, -0.2) is 51.3 Å². The molecular formula is C22H30IN3O2. The summed E-state index contributed by atoms with van der Waals surface area (Å²) in [6, 6.07) is 16.6. The molecule has 0 aliphatic carbocycles. The Labute approximate surface area is 185 Å². The van der Waals surface area contributed by atoms with Crippen LogP contribution in [0, 0.1) is 6.92 Å². The lowest BCUT2D eigenvalue weighted by Gasteiger charge is -2.35. The van der Waals surface area contributed by atoms with Gasteiger partial charge >= 0.3 is 0 Å². The number of aliphatic imine (C=N–C) groups is 1. The van der Waals surface area contributed by atoms with E-state index in [1.165, 1.54) is 16.7 Å². The molecular weight excluding hydrogens is 465 g/mol. The number of nitrogens with one attached hydrogen (secondary N) is 1. The van der Waals surface area contributed by atoms with Crippen LogP contribution in [0.25, 0.3) is 0 Å². The molecule has 6 heteroatoms. The van der Waals surface area contributed by atoms with E-state index < -0.39 is 0 Å². The van der Waals surface area contributed by atoms with Crippen molar-refractivity contribution in [2.45, 2.75) is 19.4 Å². The normalized spacial score (nSPS) is 17.0. The van der Waals surface area contributed by atoms with Gasteiger partial charge in [-0.1, -0.05) is 36.4 Å². The Bertz CT molecular complexity index is 765. The van der Waals surface area contributed by atoms with Crippen LogP contribution in [-0.2, 0) is 11.2 Å². The predicted molar refractivity (Wildman–Crippen MR) is 125 cm³/mol. The molecule has 2 aromatic rings. The molecule has 1 aliphatic heterocycles. The van der Waals surface area contributed by atoms with E-state index in [9.17, 15) is 0 Å². The van der Waals surface area contributed by atoms with E-state index in [-0.39, 0.29) is 30.1 Å². The molecule has 0 saturated carbocycles. The Hall–Kier alpha value is -1.80. The van der Waals surface area contributed by atoms with Gasteiger partial charge in [0.2, 0.25) is 0 Å². The number of benzene rings is 2. The molecule has 3 rings (SSSR count). The van der Waals surface area contributed by atoms with Gasteiger partial charge in [0.15, 0.2) is 5.96 Å². The molecule has 1 fully saturated rings. The van der Waals surface area contributed by atoms with Crippen molar-refractivity contribution in [1.82, 2.24) is 10.2 Å². The standard InChI is InChI=1S/C22H29N3O2.HI/c1-17-6-4-5-7-20(17)21-16-25(14-15-27-21)22(23-2)24-13-12-18-8-10-19(26-3)11-9-18;/h4-11,21H,12-16H2,1-3H3,(H,23,24);1H. The zero-order chi connectivity index (χ0) is 19.1. The van der Waals surface area contributed by atoms with Gasteiger partial charge in [0.25, 0.3) is 0 Å². The Balaban J connectivity index is 0.00000280. The smallest absolute Gasteiger partial charge is 0.193 e. The van der Waals surface area contributed by atoms with Gasteiger partial charge in [-0.25, -0.2) is 0 Å². The number of aryl methyl sites for hydroxylation is 1. The molecule has 1 unspecified atom stereocenters. The molecule has 0 spiro atoms. The van der Waals surface area contributed by atoms with Crippen molar-refractivity contribution in [3.63, 3.8) is 0 Å². The van der Waals surface area contributed by atoms with Gasteiger partial charge in [-0.3, -0.25) is 4.99 Å². The molecule has 0 bridgehead atoms. The zero-order valence-corrected chi connectivity index (χ0v) is 19.2. The lowest BCUT2D eigenvalue weighted by molar-refractivity contribution is -0.00829. The summed E-state index contributed by atoms with van der Waals surface area (Å²) in [5, 5.41) is 3.49. The quantitative estimate of drug-likeness (QED) is 0.390. The fourth-order valence-corrected chi connectivity index (χ4v) is 3.42. The third-order valence-corrected chi connectivity index (χ3v) is 4.97. The van der Waals surface area contributed by atoms with E-state index in [0.717, 1.165) is 37.8 Å². The highest BCUT2D eigenvalue weighted by Crippen LogP contribution is 2.25. The molecule has 2 aromatic carbocycles. The Morgan fingerprint density at radius 2 is 1.96 bits per heavy atom. The van der Waals surface area contributed by atoms with Crippen molar-refractivity contribution in [1.29, 1.82) is 0 Å². The maximum atomic E-state index is 6.03. The van der Waals surface area contributed by atoms with Crippen LogP contribution in [0.5, 0.6) is 5.75 Å². The number of guanidine groups is 1. The highest BCUT2D eigenvalue weighted by atomic mass is 127. The van der Waals surface area contributed by atoms with Crippen molar-refractivity contribution in [2.75, 3.05) is 40.4 Å². The third kappa shape index (κ3) is 5.85. The average Bonchev–Trinajstić information content (AvgIpc) is 2.72. The molecule has 1 saturated heterocycles. The number of nitrogens with zero attached hydrogens (tertiary/aromatic N) is 2. The van der Waals surface area contributed by atoms with E-state index in [4.69, 9.17) is 9.47 Å². The van der Waals surface area contributed by atoms with Crippen LogP contribution < -0.4 is 10.1 Å². The summed E-state index contributed by atoms with van der Waals surface area (Å²) < 4.78 is 11.2. The second kappa shape index (κ2) is 11.3. The minimum atomic E-state index is 0. The Morgan fingerprint density at radius 1 is 1.21 bits per heavy atom. The lowest BCUT2D eigenvalue weighted by atomic mass is 10.0. The first-order valence-corrected chi connectivity index (χ1v) is 9.47. The predicted octanol–water partition coefficient (Wildman–Crippen LogP) is 3.81. The first-order valence-electron chi connectivity index (χ1n) is 9.47. The topological polar surface area (TPSA) is 46.1 Å². The molecule has 1 heterocycles. The summed E-state index contributed by atoms with van der Waals surface area (Å²) >= 11 is 0. The van der Waals surface area contributed by atoms with Gasteiger partial charge in [0, 0.05) is 20.1 Å². The summed E-state index contributed by atoms with van der Waals surface area (Å²) in [6.45, 7) is 5.35. The highest BCUT2D eigenvalue weighted by molar-refractivity contribution is 14.0. The summed E-state index contributed by atoms with van der Waals surface area (Å²) in [4.78, 5) is 6.76. The summed E-state index contributed by atoms with van der Waals surface area (Å²) in [5.41, 5.74) is 3.81. The van der Waals surface area contributed by atoms with Gasteiger partial charge in [0.05, 0.1) is 20.3 Å². The maximum Gasteiger partial charge on any atom is 0.193 e. The van der Waals surface area contributed by atoms with E-state index in [0.29, 0.717) is 6.61 Å². The van der Waals surface area contributed by atoms with Crippen LogP contribution in [0.4, 0.5) is 0 Å². The fraction of sp³-hybridized carbons (Fsp3) is 0.409. The van der Waals surface area contributed by atoms with E-state index >= 15 is 0 Å². The second-order valence-electron chi connectivity index (χ2n) is 6.73. The van der Waals surface area contributed by atoms with Crippen molar-refractivity contribution in [2.24, 2.45) is 4.99 Å².